The third-order valence-electron chi connectivity index (χ3n) is 4.27. The zero-order valence-corrected chi connectivity index (χ0v) is 14.7. The molecule has 0 atom stereocenters. The van der Waals surface area contributed by atoms with Crippen LogP contribution in [0.25, 0.3) is 11.3 Å². The van der Waals surface area contributed by atoms with E-state index in [0.717, 1.165) is 5.56 Å². The number of urea groups is 1. The molecule has 3 aromatic rings. The fraction of sp³-hybridized carbons (Fsp3) is 0.100. The molecule has 0 spiro atoms. The molecule has 0 unspecified atom stereocenters. The van der Waals surface area contributed by atoms with Crippen molar-refractivity contribution in [3.8, 4) is 17.0 Å². The lowest BCUT2D eigenvalue weighted by molar-refractivity contribution is 0.0697. The van der Waals surface area contributed by atoms with Crippen LogP contribution >= 0.6 is 0 Å². The van der Waals surface area contributed by atoms with Gasteiger partial charge in [0.05, 0.1) is 17.8 Å². The highest BCUT2D eigenvalue weighted by atomic mass is 16.5. The first kappa shape index (κ1) is 17.5. The predicted octanol–water partition coefficient (Wildman–Crippen LogP) is 3.27. The van der Waals surface area contributed by atoms with Gasteiger partial charge in [0.15, 0.2) is 11.6 Å². The van der Waals surface area contributed by atoms with Crippen LogP contribution in [0.1, 0.15) is 10.4 Å². The van der Waals surface area contributed by atoms with Gasteiger partial charge in [-0.1, -0.05) is 12.1 Å². The number of nitrogens with zero attached hydrogens (tertiary/aromatic N) is 3. The fourth-order valence-corrected chi connectivity index (χ4v) is 2.86. The van der Waals surface area contributed by atoms with Crippen LogP contribution in [-0.4, -0.2) is 40.2 Å². The molecule has 2 aromatic heterocycles. The lowest BCUT2D eigenvalue weighted by atomic mass is 10.1. The highest BCUT2D eigenvalue weighted by molar-refractivity contribution is 6.02. The summed E-state index contributed by atoms with van der Waals surface area (Å²) in [5, 5.41) is 11.9. The molecule has 2 N–H and O–H groups in total. The van der Waals surface area contributed by atoms with Crippen LogP contribution in [0, 0.1) is 0 Å². The Morgan fingerprint density at radius 1 is 1.04 bits per heavy atom. The van der Waals surface area contributed by atoms with Crippen molar-refractivity contribution in [2.24, 2.45) is 0 Å². The molecule has 0 fully saturated rings. The summed E-state index contributed by atoms with van der Waals surface area (Å²) in [5.41, 5.74) is 2.19. The molecule has 8 nitrogen and oxygen atoms in total. The van der Waals surface area contributed by atoms with Crippen LogP contribution in [0.2, 0.25) is 0 Å². The molecule has 1 aromatic carbocycles. The molecule has 0 saturated heterocycles. The maximum atomic E-state index is 12.7. The topological polar surface area (TPSA) is 105 Å². The van der Waals surface area contributed by atoms with E-state index in [1.165, 1.54) is 17.0 Å². The quantitative estimate of drug-likeness (QED) is 0.727. The van der Waals surface area contributed by atoms with E-state index in [1.807, 2.05) is 0 Å². The van der Waals surface area contributed by atoms with Crippen LogP contribution in [0.5, 0.6) is 5.75 Å². The van der Waals surface area contributed by atoms with E-state index in [9.17, 15) is 9.59 Å². The highest BCUT2D eigenvalue weighted by Crippen LogP contribution is 2.33. The summed E-state index contributed by atoms with van der Waals surface area (Å²) in [5.74, 6) is -0.0584. The minimum atomic E-state index is -0.989. The Kier molecular flexibility index (Phi) is 4.59. The van der Waals surface area contributed by atoms with Gasteiger partial charge in [-0.25, -0.2) is 14.6 Å². The van der Waals surface area contributed by atoms with Gasteiger partial charge in [0, 0.05) is 23.6 Å². The molecule has 1 aliphatic heterocycles. The number of rotatable bonds is 3. The van der Waals surface area contributed by atoms with Gasteiger partial charge in [-0.15, -0.1) is 0 Å². The number of hydrogen-bond acceptors (Lipinski definition) is 5. The average molecular weight is 376 g/mol. The fourth-order valence-electron chi connectivity index (χ4n) is 2.86. The lowest BCUT2D eigenvalue weighted by Gasteiger charge is -2.28. The van der Waals surface area contributed by atoms with Crippen molar-refractivity contribution in [2.45, 2.75) is 0 Å². The largest absolute Gasteiger partial charge is 0.488 e. The number of carbonyl (C=O) groups is 2. The first-order valence-electron chi connectivity index (χ1n) is 8.58. The van der Waals surface area contributed by atoms with E-state index < -0.39 is 5.97 Å². The van der Waals surface area contributed by atoms with Crippen LogP contribution < -0.4 is 15.0 Å². The Hall–Kier alpha value is -3.94. The molecule has 0 bridgehead atoms. The van der Waals surface area contributed by atoms with Crippen molar-refractivity contribution in [1.29, 1.82) is 0 Å². The monoisotopic (exact) mass is 376 g/mol. The Morgan fingerprint density at radius 2 is 1.79 bits per heavy atom. The summed E-state index contributed by atoms with van der Waals surface area (Å²) in [7, 11) is 0. The van der Waals surface area contributed by atoms with Crippen molar-refractivity contribution in [2.75, 3.05) is 23.4 Å². The first-order chi connectivity index (χ1) is 13.6. The van der Waals surface area contributed by atoms with Crippen LogP contribution in [0.15, 0.2) is 60.9 Å². The van der Waals surface area contributed by atoms with E-state index in [4.69, 9.17) is 9.84 Å². The number of carboxylic acids is 1. The first-order valence-corrected chi connectivity index (χ1v) is 8.58. The molecule has 1 aliphatic rings. The third kappa shape index (κ3) is 3.48. The van der Waals surface area contributed by atoms with E-state index >= 15 is 0 Å². The second-order valence-electron chi connectivity index (χ2n) is 6.07. The van der Waals surface area contributed by atoms with Gasteiger partial charge in [-0.05, 0) is 36.4 Å². The van der Waals surface area contributed by atoms with Gasteiger partial charge in [0.2, 0.25) is 0 Å². The zero-order valence-electron chi connectivity index (χ0n) is 14.7. The molecule has 3 heterocycles. The molecule has 8 heteroatoms. The number of carbonyl (C=O) groups excluding carboxylic acids is 1. The van der Waals surface area contributed by atoms with Crippen molar-refractivity contribution in [1.82, 2.24) is 9.97 Å². The van der Waals surface area contributed by atoms with Crippen molar-refractivity contribution >= 4 is 23.5 Å². The summed E-state index contributed by atoms with van der Waals surface area (Å²) in [6.07, 6.45) is 3.19. The molecule has 2 amide bonds. The van der Waals surface area contributed by atoms with Gasteiger partial charge in [0.25, 0.3) is 0 Å². The lowest BCUT2D eigenvalue weighted by Crippen LogP contribution is -2.41. The Balaban J connectivity index is 1.63. The molecule has 140 valence electrons. The molecular formula is C20H16N4O4. The van der Waals surface area contributed by atoms with E-state index in [1.54, 1.807) is 48.8 Å². The number of aromatic nitrogens is 2. The summed E-state index contributed by atoms with van der Waals surface area (Å²) in [4.78, 5) is 33.8. The predicted molar refractivity (Wildman–Crippen MR) is 103 cm³/mol. The Bertz CT molecular complexity index is 1020. The highest BCUT2D eigenvalue weighted by Gasteiger charge is 2.26. The summed E-state index contributed by atoms with van der Waals surface area (Å²) in [6.45, 7) is 0.726. The van der Waals surface area contributed by atoms with Gasteiger partial charge in [0.1, 0.15) is 6.61 Å². The normalized spacial score (nSPS) is 12.6. The smallest absolute Gasteiger partial charge is 0.335 e. The summed E-state index contributed by atoms with van der Waals surface area (Å²) in [6, 6.07) is 13.0. The summed E-state index contributed by atoms with van der Waals surface area (Å²) < 4.78 is 5.62. The summed E-state index contributed by atoms with van der Waals surface area (Å²) >= 11 is 0. The number of nitrogens with one attached hydrogen (secondary N) is 1. The van der Waals surface area contributed by atoms with E-state index in [0.29, 0.717) is 36.1 Å². The molecular weight excluding hydrogens is 360 g/mol. The van der Waals surface area contributed by atoms with Crippen LogP contribution in [0.4, 0.5) is 16.3 Å². The van der Waals surface area contributed by atoms with Gasteiger partial charge in [-0.2, -0.15) is 0 Å². The maximum absolute atomic E-state index is 12.7. The van der Waals surface area contributed by atoms with Crippen molar-refractivity contribution < 1.29 is 19.4 Å². The number of amides is 2. The Morgan fingerprint density at radius 3 is 2.50 bits per heavy atom. The molecule has 0 saturated carbocycles. The number of anilines is 2. The standard InChI is InChI=1S/C20H16N4O4/c25-19(26)14-3-1-13(2-4-14)16-5-6-17-18(23-16)24(11-12-28-17)20(27)22-15-7-9-21-10-8-15/h1-10H,11-12H2,(H,25,26)(H,21,22,27). The number of fused-ring (bicyclic) bond motifs is 1. The number of hydrogen-bond donors (Lipinski definition) is 2. The Labute approximate surface area is 160 Å². The maximum Gasteiger partial charge on any atom is 0.335 e. The second kappa shape index (κ2) is 7.36. The minimum absolute atomic E-state index is 0.198. The van der Waals surface area contributed by atoms with Crippen LogP contribution in [0.3, 0.4) is 0 Å². The molecule has 0 aliphatic carbocycles. The number of ether oxygens (including phenoxy) is 1. The molecule has 4 rings (SSSR count). The van der Waals surface area contributed by atoms with E-state index in [2.05, 4.69) is 15.3 Å². The number of aromatic carboxylic acids is 1. The van der Waals surface area contributed by atoms with Crippen molar-refractivity contribution in [3.05, 3.63) is 66.5 Å². The SMILES string of the molecule is O=C(O)c1ccc(-c2ccc3c(n2)N(C(=O)Nc2ccncc2)CCO3)cc1. The molecule has 28 heavy (non-hydrogen) atoms. The number of pyridine rings is 2. The minimum Gasteiger partial charge on any atom is -0.488 e. The second-order valence-corrected chi connectivity index (χ2v) is 6.07. The molecule has 0 radical (unpaired) electrons. The van der Waals surface area contributed by atoms with E-state index in [-0.39, 0.29) is 11.6 Å². The number of carboxylic acid groups (broad SMARTS) is 1. The average Bonchev–Trinajstić information content (AvgIpc) is 2.73. The van der Waals surface area contributed by atoms with Gasteiger partial charge >= 0.3 is 12.0 Å². The van der Waals surface area contributed by atoms with Gasteiger partial charge < -0.3 is 15.2 Å². The zero-order chi connectivity index (χ0) is 19.5. The number of benzene rings is 1. The third-order valence-corrected chi connectivity index (χ3v) is 4.27. The van der Waals surface area contributed by atoms with Gasteiger partial charge in [-0.3, -0.25) is 9.88 Å². The van der Waals surface area contributed by atoms with Crippen molar-refractivity contribution in [3.63, 3.8) is 0 Å². The van der Waals surface area contributed by atoms with Crippen LogP contribution in [-0.2, 0) is 0 Å².